The minimum Gasteiger partial charge on any atom is -0.321 e. The van der Waals surface area contributed by atoms with E-state index in [1.54, 1.807) is 12.1 Å². The van der Waals surface area contributed by atoms with Crippen LogP contribution in [0.15, 0.2) is 48.7 Å². The molecule has 2 aromatic heterocycles. The first kappa shape index (κ1) is 21.6. The number of carbonyl (C=O) groups excluding carboxylic acids is 1. The second kappa shape index (κ2) is 8.26. The number of sulfonamides is 1. The molecule has 0 atom stereocenters. The Balaban J connectivity index is 1.66. The number of nitrogens with one attached hydrogen (secondary N) is 1. The first-order valence-corrected chi connectivity index (χ1v) is 13.1. The fraction of sp³-hybridized carbons (Fsp3) is 0.320. The number of nitrogens with zero attached hydrogens (tertiary/aromatic N) is 3. The molecule has 0 unspecified atom stereocenters. The molecular weight excluding hydrogens is 436 g/mol. The molecule has 1 fully saturated rings. The number of fused-ring (bicyclic) bond motifs is 2. The lowest BCUT2D eigenvalue weighted by molar-refractivity contribution is 0.0982. The lowest BCUT2D eigenvalue weighted by Gasteiger charge is -2.25. The predicted molar refractivity (Wildman–Crippen MR) is 130 cm³/mol. The van der Waals surface area contributed by atoms with Crippen LogP contribution in [0.2, 0.25) is 0 Å². The molecule has 0 spiro atoms. The van der Waals surface area contributed by atoms with Crippen molar-refractivity contribution in [2.45, 2.75) is 45.1 Å². The summed E-state index contributed by atoms with van der Waals surface area (Å²) in [5, 5.41) is 2.18. The Bertz CT molecular complexity index is 1480. The molecule has 33 heavy (non-hydrogen) atoms. The molecule has 0 bridgehead atoms. The fourth-order valence-electron chi connectivity index (χ4n) is 4.77. The van der Waals surface area contributed by atoms with Crippen LogP contribution in [0.1, 0.15) is 54.2 Å². The van der Waals surface area contributed by atoms with E-state index in [0.29, 0.717) is 11.6 Å². The minimum atomic E-state index is -3.64. The summed E-state index contributed by atoms with van der Waals surface area (Å²) in [6.45, 7) is 1.98. The molecule has 1 amide bonds. The van der Waals surface area contributed by atoms with Crippen LogP contribution in [-0.2, 0) is 10.0 Å². The zero-order valence-corrected chi connectivity index (χ0v) is 19.5. The lowest BCUT2D eigenvalue weighted by Crippen LogP contribution is -2.29. The minimum absolute atomic E-state index is 0.269. The summed E-state index contributed by atoms with van der Waals surface area (Å²) in [6.07, 6.45) is 8.63. The Kier molecular flexibility index (Phi) is 5.40. The Hall–Kier alpha value is -3.26. The molecule has 0 saturated heterocycles. The molecule has 2 heterocycles. The molecule has 5 rings (SSSR count). The van der Waals surface area contributed by atoms with Crippen molar-refractivity contribution < 1.29 is 13.2 Å². The number of pyridine rings is 1. The highest BCUT2D eigenvalue weighted by molar-refractivity contribution is 7.89. The second-order valence-electron chi connectivity index (χ2n) is 8.89. The van der Waals surface area contributed by atoms with E-state index in [4.69, 9.17) is 4.98 Å². The molecular formula is C25H26N4O3S. The van der Waals surface area contributed by atoms with Gasteiger partial charge in [0.1, 0.15) is 5.82 Å². The highest BCUT2D eigenvalue weighted by atomic mass is 32.2. The third-order valence-electron chi connectivity index (χ3n) is 6.29. The highest BCUT2D eigenvalue weighted by Gasteiger charge is 2.23. The van der Waals surface area contributed by atoms with E-state index in [9.17, 15) is 13.2 Å². The van der Waals surface area contributed by atoms with E-state index in [1.807, 2.05) is 23.9 Å². The summed E-state index contributed by atoms with van der Waals surface area (Å²) in [5.41, 5.74) is 3.88. The molecule has 4 aromatic rings. The van der Waals surface area contributed by atoms with Gasteiger partial charge in [-0.1, -0.05) is 31.4 Å². The number of aromatic nitrogens is 3. The third kappa shape index (κ3) is 4.35. The van der Waals surface area contributed by atoms with Gasteiger partial charge in [0.15, 0.2) is 0 Å². The number of hydrogen-bond donors (Lipinski definition) is 1. The van der Waals surface area contributed by atoms with Crippen molar-refractivity contribution in [3.05, 3.63) is 59.9 Å². The van der Waals surface area contributed by atoms with Gasteiger partial charge >= 0.3 is 0 Å². The zero-order valence-electron chi connectivity index (χ0n) is 18.7. The van der Waals surface area contributed by atoms with Crippen LogP contribution < -0.4 is 4.72 Å². The maximum Gasteiger partial charge on any atom is 0.264 e. The van der Waals surface area contributed by atoms with Crippen LogP contribution in [0.4, 0.5) is 0 Å². The van der Waals surface area contributed by atoms with Crippen molar-refractivity contribution in [2.24, 2.45) is 0 Å². The first-order chi connectivity index (χ1) is 15.8. The number of imidazole rings is 1. The lowest BCUT2D eigenvalue weighted by atomic mass is 9.94. The third-order valence-corrected chi connectivity index (χ3v) is 6.84. The van der Waals surface area contributed by atoms with Crippen LogP contribution in [0.5, 0.6) is 0 Å². The van der Waals surface area contributed by atoms with Crippen LogP contribution >= 0.6 is 0 Å². The Morgan fingerprint density at radius 3 is 2.58 bits per heavy atom. The van der Waals surface area contributed by atoms with Crippen LogP contribution in [0.25, 0.3) is 33.2 Å². The molecule has 170 valence electrons. The molecule has 8 heteroatoms. The average Bonchev–Trinajstić information content (AvgIpc) is 3.17. The van der Waals surface area contributed by atoms with E-state index in [2.05, 4.69) is 33.8 Å². The molecule has 1 saturated carbocycles. The molecule has 0 aliphatic heterocycles. The van der Waals surface area contributed by atoms with Gasteiger partial charge < -0.3 is 4.57 Å². The van der Waals surface area contributed by atoms with Crippen LogP contribution in [-0.4, -0.2) is 35.1 Å². The van der Waals surface area contributed by atoms with E-state index in [-0.39, 0.29) is 5.56 Å². The zero-order chi connectivity index (χ0) is 23.2. The summed E-state index contributed by atoms with van der Waals surface area (Å²) < 4.78 is 27.3. The van der Waals surface area contributed by atoms with Crippen molar-refractivity contribution in [2.75, 3.05) is 6.26 Å². The fourth-order valence-corrected chi connectivity index (χ4v) is 5.23. The van der Waals surface area contributed by atoms with Gasteiger partial charge in [0.2, 0.25) is 10.0 Å². The van der Waals surface area contributed by atoms with Crippen molar-refractivity contribution in [1.82, 2.24) is 19.3 Å². The standard InChI is InChI=1S/C25H26N4O3S/c1-16-12-17-8-9-18(13-20(17)15-26-16)24-27-22-14-19(25(30)28-33(2,31)32)10-11-23(22)29(24)21-6-4-3-5-7-21/h8-15,21H,3-7H2,1-2H3,(H,28,30). The van der Waals surface area contributed by atoms with E-state index >= 15 is 0 Å². The van der Waals surface area contributed by atoms with Gasteiger partial charge in [-0.15, -0.1) is 0 Å². The summed E-state index contributed by atoms with van der Waals surface area (Å²) >= 11 is 0. The average molecular weight is 463 g/mol. The van der Waals surface area contributed by atoms with Crippen LogP contribution in [0, 0.1) is 6.92 Å². The van der Waals surface area contributed by atoms with E-state index < -0.39 is 15.9 Å². The smallest absolute Gasteiger partial charge is 0.264 e. The molecule has 1 aliphatic rings. The maximum absolute atomic E-state index is 12.4. The van der Waals surface area contributed by atoms with Gasteiger partial charge in [-0.05, 0) is 55.5 Å². The number of aryl methyl sites for hydroxylation is 1. The number of benzene rings is 2. The number of carbonyl (C=O) groups is 1. The SMILES string of the molecule is Cc1cc2ccc(-c3nc4cc(C(=O)NS(C)(=O)=O)ccc4n3C3CCCCC3)cc2cn1. The van der Waals surface area contributed by atoms with Crippen molar-refractivity contribution in [3.8, 4) is 11.4 Å². The van der Waals surface area contributed by atoms with Crippen molar-refractivity contribution in [3.63, 3.8) is 0 Å². The van der Waals surface area contributed by atoms with Crippen LogP contribution in [0.3, 0.4) is 0 Å². The largest absolute Gasteiger partial charge is 0.321 e. The molecule has 0 radical (unpaired) electrons. The topological polar surface area (TPSA) is 94.0 Å². The van der Waals surface area contributed by atoms with Gasteiger partial charge in [-0.2, -0.15) is 0 Å². The summed E-state index contributed by atoms with van der Waals surface area (Å²) in [6, 6.07) is 13.9. The summed E-state index contributed by atoms with van der Waals surface area (Å²) in [7, 11) is -3.64. The number of hydrogen-bond acceptors (Lipinski definition) is 5. The molecule has 7 nitrogen and oxygen atoms in total. The molecule has 1 N–H and O–H groups in total. The molecule has 2 aromatic carbocycles. The van der Waals surface area contributed by atoms with Gasteiger partial charge in [0.25, 0.3) is 5.91 Å². The van der Waals surface area contributed by atoms with Crippen molar-refractivity contribution >= 4 is 37.7 Å². The Morgan fingerprint density at radius 2 is 1.82 bits per heavy atom. The predicted octanol–water partition coefficient (Wildman–Crippen LogP) is 4.75. The summed E-state index contributed by atoms with van der Waals surface area (Å²) in [5.74, 6) is 0.209. The van der Waals surface area contributed by atoms with Gasteiger partial charge in [0.05, 0.1) is 17.3 Å². The van der Waals surface area contributed by atoms with Gasteiger partial charge in [0, 0.05) is 34.4 Å². The second-order valence-corrected chi connectivity index (χ2v) is 10.6. The quantitative estimate of drug-likeness (QED) is 0.472. The summed E-state index contributed by atoms with van der Waals surface area (Å²) in [4.78, 5) is 21.8. The number of amides is 1. The van der Waals surface area contributed by atoms with E-state index in [0.717, 1.165) is 52.5 Å². The van der Waals surface area contributed by atoms with Gasteiger partial charge in [-0.25, -0.2) is 18.1 Å². The molecule has 1 aliphatic carbocycles. The number of rotatable bonds is 4. The van der Waals surface area contributed by atoms with Gasteiger partial charge in [-0.3, -0.25) is 9.78 Å². The Morgan fingerprint density at radius 1 is 1.03 bits per heavy atom. The first-order valence-electron chi connectivity index (χ1n) is 11.2. The Labute approximate surface area is 192 Å². The monoisotopic (exact) mass is 462 g/mol. The van der Waals surface area contributed by atoms with Crippen molar-refractivity contribution in [1.29, 1.82) is 0 Å². The normalized spacial score (nSPS) is 15.2. The highest BCUT2D eigenvalue weighted by Crippen LogP contribution is 2.36. The maximum atomic E-state index is 12.4. The van der Waals surface area contributed by atoms with E-state index in [1.165, 1.54) is 19.3 Å².